The molecule has 0 spiro atoms. The number of benzene rings is 2. The maximum Gasteiger partial charge on any atom is 0.339 e. The monoisotopic (exact) mass is 369 g/mol. The van der Waals surface area contributed by atoms with E-state index in [2.05, 4.69) is 5.73 Å². The van der Waals surface area contributed by atoms with Gasteiger partial charge < -0.3 is 31.3 Å². The number of hydrogen-bond donors (Lipinski definition) is 3. The zero-order valence-electron chi connectivity index (χ0n) is 13.3. The minimum Gasteiger partial charge on any atom is -0.550 e. The number of aromatic hydroxyl groups is 1. The minimum atomic E-state index is -1.11. The molecule has 0 amide bonds. The van der Waals surface area contributed by atoms with Gasteiger partial charge in [-0.25, -0.2) is 4.79 Å². The van der Waals surface area contributed by atoms with Gasteiger partial charge in [0.2, 0.25) is 0 Å². The van der Waals surface area contributed by atoms with Gasteiger partial charge in [0.15, 0.2) is 0 Å². The van der Waals surface area contributed by atoms with Gasteiger partial charge in [-0.3, -0.25) is 0 Å². The zero-order valence-corrected chi connectivity index (χ0v) is 14.1. The Morgan fingerprint density at radius 2 is 1.68 bits per heavy atom. The van der Waals surface area contributed by atoms with E-state index in [1.54, 1.807) is 24.3 Å². The van der Waals surface area contributed by atoms with Crippen LogP contribution >= 0.6 is 11.6 Å². The topological polar surface area (TPSA) is 157 Å². The van der Waals surface area contributed by atoms with Crippen molar-refractivity contribution in [3.05, 3.63) is 64.7 Å². The average Bonchev–Trinajstić information content (AvgIpc) is 2.54. The highest BCUT2D eigenvalue weighted by Crippen LogP contribution is 2.19. The number of halogens is 1. The van der Waals surface area contributed by atoms with Crippen LogP contribution in [0.1, 0.15) is 28.3 Å². The summed E-state index contributed by atoms with van der Waals surface area (Å²) >= 11 is 5.72. The predicted molar refractivity (Wildman–Crippen MR) is 90.3 cm³/mol. The second kappa shape index (κ2) is 11.0. The number of carbonyl (C=O) groups excluding carboxylic acids is 1. The van der Waals surface area contributed by atoms with Crippen molar-refractivity contribution in [3.63, 3.8) is 0 Å². The van der Waals surface area contributed by atoms with Crippen LogP contribution in [0.25, 0.3) is 0 Å². The SMILES string of the molecule is O.O=C(O)c1ccccc1O.[NH3+]C[C@H](CC(=O)[O-])c1ccc(Cl)cc1. The standard InChI is InChI=1S/C10H12ClNO2.C7H6O3.H2O/c11-9-3-1-7(2-4-9)8(6-12)5-10(13)14;8-6-4-2-1-3-5(6)7(9)10;/h1-4,8H,5-6,12H2,(H,13,14);1-4,8H,(H,9,10);1H2/t8-;;/m0../s1. The van der Waals surface area contributed by atoms with Crippen LogP contribution in [0, 0.1) is 0 Å². The Balaban J connectivity index is 0.000000465. The molecule has 136 valence electrons. The zero-order chi connectivity index (χ0) is 18.1. The van der Waals surface area contributed by atoms with Gasteiger partial charge in [0.05, 0.1) is 6.54 Å². The lowest BCUT2D eigenvalue weighted by molar-refractivity contribution is -0.374. The largest absolute Gasteiger partial charge is 0.550 e. The molecular formula is C17H20ClNO6. The van der Waals surface area contributed by atoms with Gasteiger partial charge in [-0.2, -0.15) is 0 Å². The van der Waals surface area contributed by atoms with Crippen molar-refractivity contribution in [3.8, 4) is 5.75 Å². The number of carboxylic acids is 2. The van der Waals surface area contributed by atoms with Gasteiger partial charge >= 0.3 is 5.97 Å². The molecule has 0 radical (unpaired) electrons. The molecule has 2 rings (SSSR count). The minimum absolute atomic E-state index is 0. The summed E-state index contributed by atoms with van der Waals surface area (Å²) in [5.41, 5.74) is 4.59. The lowest BCUT2D eigenvalue weighted by Crippen LogP contribution is -2.53. The molecule has 2 aromatic rings. The van der Waals surface area contributed by atoms with Crippen molar-refractivity contribution in [2.24, 2.45) is 0 Å². The third kappa shape index (κ3) is 7.67. The molecule has 8 heteroatoms. The Labute approximate surface area is 149 Å². The van der Waals surface area contributed by atoms with E-state index < -0.39 is 11.9 Å². The fraction of sp³-hybridized carbons (Fsp3) is 0.176. The number of para-hydroxylation sites is 1. The average molecular weight is 370 g/mol. The molecule has 7 nitrogen and oxygen atoms in total. The number of aromatic carboxylic acids is 1. The van der Waals surface area contributed by atoms with Crippen LogP contribution in [0.15, 0.2) is 48.5 Å². The molecule has 0 aliphatic carbocycles. The molecule has 0 aliphatic rings. The van der Waals surface area contributed by atoms with Crippen molar-refractivity contribution in [1.82, 2.24) is 0 Å². The molecule has 0 saturated heterocycles. The summed E-state index contributed by atoms with van der Waals surface area (Å²) in [6.45, 7) is 0.537. The first-order valence-electron chi connectivity index (χ1n) is 7.11. The van der Waals surface area contributed by atoms with Crippen LogP contribution in [0.3, 0.4) is 0 Å². The molecule has 0 unspecified atom stereocenters. The number of quaternary nitrogens is 1. The molecule has 0 heterocycles. The van der Waals surface area contributed by atoms with E-state index in [9.17, 15) is 14.7 Å². The predicted octanol–water partition coefficient (Wildman–Crippen LogP) is 0.0712. The Morgan fingerprint density at radius 1 is 1.12 bits per heavy atom. The normalized spacial score (nSPS) is 10.6. The van der Waals surface area contributed by atoms with E-state index in [4.69, 9.17) is 21.8 Å². The molecule has 0 aliphatic heterocycles. The Kier molecular flexibility index (Phi) is 9.88. The molecule has 0 fully saturated rings. The fourth-order valence-electron chi connectivity index (χ4n) is 1.98. The van der Waals surface area contributed by atoms with Crippen LogP contribution in [-0.4, -0.2) is 34.2 Å². The summed E-state index contributed by atoms with van der Waals surface area (Å²) in [6, 6.07) is 12.9. The van der Waals surface area contributed by atoms with Gasteiger partial charge in [-0.05, 0) is 36.2 Å². The highest BCUT2D eigenvalue weighted by atomic mass is 35.5. The summed E-state index contributed by atoms with van der Waals surface area (Å²) in [7, 11) is 0. The second-order valence-corrected chi connectivity index (χ2v) is 5.37. The van der Waals surface area contributed by atoms with E-state index in [0.717, 1.165) is 5.56 Å². The summed E-state index contributed by atoms with van der Waals surface area (Å²) in [6.07, 6.45) is 0.00509. The Morgan fingerprint density at radius 3 is 2.08 bits per heavy atom. The van der Waals surface area contributed by atoms with E-state index >= 15 is 0 Å². The summed E-state index contributed by atoms with van der Waals surface area (Å²) in [4.78, 5) is 20.7. The molecule has 0 saturated carbocycles. The highest BCUT2D eigenvalue weighted by molar-refractivity contribution is 6.30. The van der Waals surface area contributed by atoms with Crippen LogP contribution in [0.5, 0.6) is 5.75 Å². The van der Waals surface area contributed by atoms with Crippen LogP contribution in [-0.2, 0) is 4.79 Å². The summed E-state index contributed by atoms with van der Waals surface area (Å²) in [5.74, 6) is -2.45. The van der Waals surface area contributed by atoms with E-state index in [1.165, 1.54) is 12.1 Å². The van der Waals surface area contributed by atoms with Gasteiger partial charge in [-0.15, -0.1) is 0 Å². The van der Waals surface area contributed by atoms with Crippen molar-refractivity contribution < 1.29 is 36.1 Å². The van der Waals surface area contributed by atoms with Crippen LogP contribution in [0.4, 0.5) is 0 Å². The van der Waals surface area contributed by atoms with Gasteiger partial charge in [0.25, 0.3) is 0 Å². The number of carbonyl (C=O) groups is 2. The number of aliphatic carboxylic acids is 1. The molecule has 0 aromatic heterocycles. The fourth-order valence-corrected chi connectivity index (χ4v) is 2.10. The molecule has 1 atom stereocenters. The molecule has 25 heavy (non-hydrogen) atoms. The van der Waals surface area contributed by atoms with Crippen LogP contribution < -0.4 is 10.8 Å². The lowest BCUT2D eigenvalue weighted by atomic mass is 9.96. The molecule has 7 N–H and O–H groups in total. The van der Waals surface area contributed by atoms with Crippen molar-refractivity contribution in [2.45, 2.75) is 12.3 Å². The third-order valence-corrected chi connectivity index (χ3v) is 3.49. The van der Waals surface area contributed by atoms with E-state index in [0.29, 0.717) is 11.6 Å². The van der Waals surface area contributed by atoms with Gasteiger partial charge in [0, 0.05) is 16.9 Å². The Bertz CT molecular complexity index is 690. The quantitative estimate of drug-likeness (QED) is 0.679. The van der Waals surface area contributed by atoms with E-state index in [-0.39, 0.29) is 29.1 Å². The van der Waals surface area contributed by atoms with Crippen molar-refractivity contribution >= 4 is 23.5 Å². The summed E-state index contributed by atoms with van der Waals surface area (Å²) in [5, 5.41) is 28.4. The number of carboxylic acid groups (broad SMARTS) is 2. The number of rotatable bonds is 5. The maximum atomic E-state index is 10.4. The first-order valence-corrected chi connectivity index (χ1v) is 7.48. The van der Waals surface area contributed by atoms with Crippen molar-refractivity contribution in [2.75, 3.05) is 6.54 Å². The van der Waals surface area contributed by atoms with Crippen molar-refractivity contribution in [1.29, 1.82) is 0 Å². The third-order valence-electron chi connectivity index (χ3n) is 3.24. The summed E-state index contributed by atoms with van der Waals surface area (Å²) < 4.78 is 0. The first-order chi connectivity index (χ1) is 11.3. The van der Waals surface area contributed by atoms with Gasteiger partial charge in [-0.1, -0.05) is 35.9 Å². The number of hydrogen-bond acceptors (Lipinski definition) is 4. The highest BCUT2D eigenvalue weighted by Gasteiger charge is 2.11. The van der Waals surface area contributed by atoms with Gasteiger partial charge in [0.1, 0.15) is 11.3 Å². The maximum absolute atomic E-state index is 10.4. The van der Waals surface area contributed by atoms with Crippen LogP contribution in [0.2, 0.25) is 5.02 Å². The van der Waals surface area contributed by atoms with E-state index in [1.807, 2.05) is 12.1 Å². The smallest absolute Gasteiger partial charge is 0.339 e. The Hall–Kier alpha value is -2.61. The molecular weight excluding hydrogens is 350 g/mol. The molecule has 2 aromatic carbocycles. The number of phenols is 1. The molecule has 0 bridgehead atoms. The lowest BCUT2D eigenvalue weighted by Gasteiger charge is -2.13. The first kappa shape index (κ1) is 22.4. The second-order valence-electron chi connectivity index (χ2n) is 4.94.